The molecule has 0 aliphatic heterocycles. The van der Waals surface area contributed by atoms with Gasteiger partial charge in [-0.2, -0.15) is 0 Å². The third-order valence-electron chi connectivity index (χ3n) is 3.87. The second-order valence-corrected chi connectivity index (χ2v) is 8.18. The summed E-state index contributed by atoms with van der Waals surface area (Å²) in [5.41, 5.74) is 2.37. The van der Waals surface area contributed by atoms with Crippen LogP contribution in [0, 0.1) is 6.92 Å². The van der Waals surface area contributed by atoms with Crippen LogP contribution in [-0.4, -0.2) is 39.3 Å². The number of ether oxygens (including phenoxy) is 1. The minimum absolute atomic E-state index is 0.00929. The van der Waals surface area contributed by atoms with Gasteiger partial charge in [0.05, 0.1) is 6.61 Å². The number of amides is 1. The summed E-state index contributed by atoms with van der Waals surface area (Å²) in [7, 11) is -0.819. The first-order valence-electron chi connectivity index (χ1n) is 8.49. The number of hydrogen-bond acceptors (Lipinski definition) is 4. The van der Waals surface area contributed by atoms with Gasteiger partial charge >= 0.3 is 0 Å². The van der Waals surface area contributed by atoms with Gasteiger partial charge in [0.15, 0.2) is 0 Å². The molecule has 2 aromatic rings. The van der Waals surface area contributed by atoms with Crippen molar-refractivity contribution in [2.24, 2.45) is 0 Å². The molecule has 0 aliphatic rings. The highest BCUT2D eigenvalue weighted by atomic mass is 32.2. The summed E-state index contributed by atoms with van der Waals surface area (Å²) in [5, 5.41) is 2.69. The maximum absolute atomic E-state index is 12.5. The first-order valence-corrected chi connectivity index (χ1v) is 9.93. The highest BCUT2D eigenvalue weighted by molar-refractivity contribution is 7.89. The summed E-state index contributed by atoms with van der Waals surface area (Å²) in [6.07, 6.45) is 3.13. The molecular formula is C20H24N2O4S. The number of anilines is 1. The molecule has 1 N–H and O–H groups in total. The quantitative estimate of drug-likeness (QED) is 0.739. The second-order valence-electron chi connectivity index (χ2n) is 6.06. The largest absolute Gasteiger partial charge is 0.492 e. The fourth-order valence-corrected chi connectivity index (χ4v) is 3.43. The summed E-state index contributed by atoms with van der Waals surface area (Å²) in [6, 6.07) is 12.3. The molecule has 1 amide bonds. The molecule has 6 nitrogen and oxygen atoms in total. The minimum atomic E-state index is -3.71. The molecule has 0 radical (unpaired) electrons. The van der Waals surface area contributed by atoms with Gasteiger partial charge in [-0.05, 0) is 49.2 Å². The Labute approximate surface area is 160 Å². The maximum Gasteiger partial charge on any atom is 0.248 e. The molecule has 0 aromatic heterocycles. The third-order valence-corrected chi connectivity index (χ3v) is 5.71. The van der Waals surface area contributed by atoms with Crippen molar-refractivity contribution in [3.8, 4) is 5.75 Å². The van der Waals surface area contributed by atoms with E-state index in [9.17, 15) is 13.2 Å². The lowest BCUT2D eigenvalue weighted by molar-refractivity contribution is -0.111. The van der Waals surface area contributed by atoms with E-state index in [-0.39, 0.29) is 16.6 Å². The number of rotatable bonds is 7. The fraction of sp³-hybridized carbons (Fsp3) is 0.250. The predicted molar refractivity (Wildman–Crippen MR) is 107 cm³/mol. The Morgan fingerprint density at radius 1 is 1.19 bits per heavy atom. The van der Waals surface area contributed by atoms with Crippen LogP contribution in [0.25, 0.3) is 6.08 Å². The number of carbonyl (C=O) groups excluding carboxylic acids is 1. The Bertz CT molecular complexity index is 950. The van der Waals surface area contributed by atoms with E-state index < -0.39 is 10.0 Å². The first kappa shape index (κ1) is 20.7. The molecule has 0 aliphatic carbocycles. The van der Waals surface area contributed by atoms with Crippen LogP contribution in [0.1, 0.15) is 18.1 Å². The van der Waals surface area contributed by atoms with Crippen molar-refractivity contribution in [1.29, 1.82) is 0 Å². The van der Waals surface area contributed by atoms with E-state index in [0.29, 0.717) is 12.3 Å². The molecule has 0 saturated heterocycles. The van der Waals surface area contributed by atoms with Crippen LogP contribution in [0.3, 0.4) is 0 Å². The molecule has 0 unspecified atom stereocenters. The maximum atomic E-state index is 12.5. The van der Waals surface area contributed by atoms with Crippen LogP contribution >= 0.6 is 0 Å². The molecule has 0 fully saturated rings. The van der Waals surface area contributed by atoms with Crippen LogP contribution in [0.5, 0.6) is 5.75 Å². The van der Waals surface area contributed by atoms with Crippen molar-refractivity contribution in [3.05, 3.63) is 59.7 Å². The molecule has 0 heterocycles. The molecule has 2 rings (SSSR count). The lowest BCUT2D eigenvalue weighted by Crippen LogP contribution is -2.23. The molecule has 7 heteroatoms. The zero-order chi connectivity index (χ0) is 20.0. The Morgan fingerprint density at radius 2 is 1.89 bits per heavy atom. The topological polar surface area (TPSA) is 75.7 Å². The SMILES string of the molecule is CCOc1ccc(NC(=O)/C=C/c2ccccc2C)cc1S(=O)(=O)N(C)C. The standard InChI is InChI=1S/C20H24N2O4S/c1-5-26-18-12-11-17(14-19(18)27(24,25)22(3)4)21-20(23)13-10-16-9-7-6-8-15(16)2/h6-14H,5H2,1-4H3,(H,21,23)/b13-10+. The van der Waals surface area contributed by atoms with Crippen LogP contribution in [0.4, 0.5) is 5.69 Å². The van der Waals surface area contributed by atoms with Gasteiger partial charge in [-0.3, -0.25) is 4.79 Å². The number of benzene rings is 2. The number of sulfonamides is 1. The monoisotopic (exact) mass is 388 g/mol. The van der Waals surface area contributed by atoms with Gasteiger partial charge in [0.2, 0.25) is 15.9 Å². The van der Waals surface area contributed by atoms with Gasteiger partial charge in [0, 0.05) is 25.9 Å². The van der Waals surface area contributed by atoms with Crippen LogP contribution in [0.2, 0.25) is 0 Å². The minimum Gasteiger partial charge on any atom is -0.492 e. The number of aryl methyl sites for hydroxylation is 1. The molecule has 2 aromatic carbocycles. The van der Waals surface area contributed by atoms with Gasteiger partial charge in [0.1, 0.15) is 10.6 Å². The average Bonchev–Trinajstić information content (AvgIpc) is 2.62. The highest BCUT2D eigenvalue weighted by Crippen LogP contribution is 2.29. The molecule has 0 bridgehead atoms. The van der Waals surface area contributed by atoms with Crippen LogP contribution in [0.15, 0.2) is 53.4 Å². The van der Waals surface area contributed by atoms with Crippen molar-refractivity contribution < 1.29 is 17.9 Å². The van der Waals surface area contributed by atoms with Crippen molar-refractivity contribution in [3.63, 3.8) is 0 Å². The van der Waals surface area contributed by atoms with E-state index in [1.165, 1.54) is 26.2 Å². The van der Waals surface area contributed by atoms with Gasteiger partial charge in [-0.25, -0.2) is 12.7 Å². The Hall–Kier alpha value is -2.64. The molecular weight excluding hydrogens is 364 g/mol. The fourth-order valence-electron chi connectivity index (χ4n) is 2.38. The van der Waals surface area contributed by atoms with Gasteiger partial charge < -0.3 is 10.1 Å². The van der Waals surface area contributed by atoms with E-state index in [1.807, 2.05) is 31.2 Å². The van der Waals surface area contributed by atoms with E-state index in [1.54, 1.807) is 25.1 Å². The zero-order valence-corrected chi connectivity index (χ0v) is 16.7. The summed E-state index contributed by atoms with van der Waals surface area (Å²) in [4.78, 5) is 12.2. The van der Waals surface area contributed by atoms with E-state index in [4.69, 9.17) is 4.74 Å². The Balaban J connectivity index is 2.26. The van der Waals surface area contributed by atoms with E-state index >= 15 is 0 Å². The van der Waals surface area contributed by atoms with Crippen molar-refractivity contribution in [2.45, 2.75) is 18.7 Å². The summed E-state index contributed by atoms with van der Waals surface area (Å²) in [6.45, 7) is 4.07. The van der Waals surface area contributed by atoms with Gasteiger partial charge in [0.25, 0.3) is 0 Å². The molecule has 0 spiro atoms. The van der Waals surface area contributed by atoms with Crippen molar-refractivity contribution in [1.82, 2.24) is 4.31 Å². The van der Waals surface area contributed by atoms with Crippen molar-refractivity contribution >= 4 is 27.7 Å². The lowest BCUT2D eigenvalue weighted by Gasteiger charge is -2.16. The van der Waals surface area contributed by atoms with E-state index in [0.717, 1.165) is 15.4 Å². The molecule has 144 valence electrons. The number of hydrogen-bond donors (Lipinski definition) is 1. The summed E-state index contributed by atoms with van der Waals surface area (Å²) >= 11 is 0. The van der Waals surface area contributed by atoms with Crippen LogP contribution < -0.4 is 10.1 Å². The van der Waals surface area contributed by atoms with Gasteiger partial charge in [-0.1, -0.05) is 24.3 Å². The number of carbonyl (C=O) groups is 1. The van der Waals surface area contributed by atoms with Crippen LogP contribution in [-0.2, 0) is 14.8 Å². The average molecular weight is 388 g/mol. The first-order chi connectivity index (χ1) is 12.8. The number of nitrogens with one attached hydrogen (secondary N) is 1. The number of nitrogens with zero attached hydrogens (tertiary/aromatic N) is 1. The predicted octanol–water partition coefficient (Wildman–Crippen LogP) is 3.30. The van der Waals surface area contributed by atoms with Crippen molar-refractivity contribution in [2.75, 3.05) is 26.0 Å². The Morgan fingerprint density at radius 3 is 2.52 bits per heavy atom. The Kier molecular flexibility index (Phi) is 6.76. The normalized spacial score (nSPS) is 11.7. The second kappa shape index (κ2) is 8.83. The summed E-state index contributed by atoms with van der Waals surface area (Å²) < 4.78 is 31.6. The summed E-state index contributed by atoms with van der Waals surface area (Å²) in [5.74, 6) is -0.102. The van der Waals surface area contributed by atoms with E-state index in [2.05, 4.69) is 5.32 Å². The highest BCUT2D eigenvalue weighted by Gasteiger charge is 2.23. The molecule has 27 heavy (non-hydrogen) atoms. The molecule has 0 saturated carbocycles. The molecule has 0 atom stereocenters. The van der Waals surface area contributed by atoms with Gasteiger partial charge in [-0.15, -0.1) is 0 Å². The third kappa shape index (κ3) is 5.18. The lowest BCUT2D eigenvalue weighted by atomic mass is 10.1. The zero-order valence-electron chi connectivity index (χ0n) is 15.9. The smallest absolute Gasteiger partial charge is 0.248 e.